The van der Waals surface area contributed by atoms with Gasteiger partial charge in [0, 0.05) is 36.3 Å². The van der Waals surface area contributed by atoms with Crippen LogP contribution in [0.25, 0.3) is 0 Å². The average Bonchev–Trinajstić information content (AvgIpc) is 2.37. The molecule has 1 aromatic carbocycles. The van der Waals surface area contributed by atoms with E-state index in [0.717, 1.165) is 11.3 Å². The summed E-state index contributed by atoms with van der Waals surface area (Å²) in [6.45, 7) is 2.40. The Labute approximate surface area is 105 Å². The van der Waals surface area contributed by atoms with Crippen molar-refractivity contribution in [3.8, 4) is 0 Å². The van der Waals surface area contributed by atoms with Crippen molar-refractivity contribution in [2.75, 3.05) is 5.32 Å². The maximum Gasteiger partial charge on any atom is 0.272 e. The van der Waals surface area contributed by atoms with Crippen LogP contribution in [0.15, 0.2) is 42.7 Å². The summed E-state index contributed by atoms with van der Waals surface area (Å²) in [5.74, 6) is 0. The number of anilines is 1. The molecule has 0 atom stereocenters. The zero-order valence-electron chi connectivity index (χ0n) is 9.96. The lowest BCUT2D eigenvalue weighted by Crippen LogP contribution is -2.00. The van der Waals surface area contributed by atoms with E-state index in [-0.39, 0.29) is 10.6 Å². The van der Waals surface area contributed by atoms with Gasteiger partial charge in [0.2, 0.25) is 0 Å². The average molecular weight is 243 g/mol. The van der Waals surface area contributed by atoms with Crippen LogP contribution in [0.1, 0.15) is 11.1 Å². The second kappa shape index (κ2) is 5.27. The fourth-order valence-electron chi connectivity index (χ4n) is 1.68. The van der Waals surface area contributed by atoms with Gasteiger partial charge in [-0.3, -0.25) is 15.1 Å². The zero-order chi connectivity index (χ0) is 13.0. The molecule has 0 unspecified atom stereocenters. The van der Waals surface area contributed by atoms with E-state index in [2.05, 4.69) is 10.3 Å². The van der Waals surface area contributed by atoms with E-state index in [0.29, 0.717) is 12.1 Å². The van der Waals surface area contributed by atoms with Gasteiger partial charge >= 0.3 is 0 Å². The van der Waals surface area contributed by atoms with Gasteiger partial charge in [0.25, 0.3) is 5.69 Å². The summed E-state index contributed by atoms with van der Waals surface area (Å²) in [5.41, 5.74) is 2.78. The third kappa shape index (κ3) is 2.82. The molecule has 0 radical (unpaired) electrons. The summed E-state index contributed by atoms with van der Waals surface area (Å²) in [7, 11) is 0. The lowest BCUT2D eigenvalue weighted by molar-refractivity contribution is -0.385. The Morgan fingerprint density at radius 3 is 2.61 bits per heavy atom. The first-order valence-corrected chi connectivity index (χ1v) is 5.54. The number of nitro groups is 1. The largest absolute Gasteiger partial charge is 0.381 e. The summed E-state index contributed by atoms with van der Waals surface area (Å²) in [6, 6.07) is 8.85. The van der Waals surface area contributed by atoms with Crippen LogP contribution >= 0.6 is 0 Å². The van der Waals surface area contributed by atoms with Gasteiger partial charge in [-0.15, -0.1) is 0 Å². The van der Waals surface area contributed by atoms with Gasteiger partial charge in [0.05, 0.1) is 4.92 Å². The molecule has 0 aliphatic heterocycles. The molecule has 1 N–H and O–H groups in total. The SMILES string of the molecule is Cc1cc(NCc2ccncc2)ccc1[N+](=O)[O-]. The van der Waals surface area contributed by atoms with Gasteiger partial charge in [0.1, 0.15) is 0 Å². The van der Waals surface area contributed by atoms with Crippen LogP contribution in [0.4, 0.5) is 11.4 Å². The van der Waals surface area contributed by atoms with Crippen LogP contribution < -0.4 is 5.32 Å². The molecular weight excluding hydrogens is 230 g/mol. The van der Waals surface area contributed by atoms with Crippen molar-refractivity contribution >= 4 is 11.4 Å². The van der Waals surface area contributed by atoms with Crippen molar-refractivity contribution in [2.45, 2.75) is 13.5 Å². The minimum Gasteiger partial charge on any atom is -0.381 e. The van der Waals surface area contributed by atoms with E-state index in [1.54, 1.807) is 31.5 Å². The molecule has 0 saturated heterocycles. The first kappa shape index (κ1) is 12.0. The highest BCUT2D eigenvalue weighted by Crippen LogP contribution is 2.21. The monoisotopic (exact) mass is 243 g/mol. The Morgan fingerprint density at radius 2 is 2.00 bits per heavy atom. The fraction of sp³-hybridized carbons (Fsp3) is 0.154. The Morgan fingerprint density at radius 1 is 1.28 bits per heavy atom. The number of aryl methyl sites for hydroxylation is 1. The van der Waals surface area contributed by atoms with Crippen LogP contribution in [-0.4, -0.2) is 9.91 Å². The number of rotatable bonds is 4. The minimum absolute atomic E-state index is 0.143. The van der Waals surface area contributed by atoms with Gasteiger partial charge in [-0.05, 0) is 36.8 Å². The molecule has 2 aromatic rings. The molecule has 0 aliphatic carbocycles. The molecule has 0 saturated carbocycles. The van der Waals surface area contributed by atoms with E-state index >= 15 is 0 Å². The first-order chi connectivity index (χ1) is 8.66. The topological polar surface area (TPSA) is 68.1 Å². The summed E-state index contributed by atoms with van der Waals surface area (Å²) in [4.78, 5) is 14.3. The molecular formula is C13H13N3O2. The van der Waals surface area contributed by atoms with Crippen molar-refractivity contribution in [3.63, 3.8) is 0 Å². The molecule has 5 heteroatoms. The molecule has 0 amide bonds. The third-order valence-electron chi connectivity index (χ3n) is 2.64. The molecule has 2 rings (SSSR count). The third-order valence-corrected chi connectivity index (χ3v) is 2.64. The first-order valence-electron chi connectivity index (χ1n) is 5.54. The number of benzene rings is 1. The standard InChI is InChI=1S/C13H13N3O2/c1-10-8-12(2-3-13(10)16(17)18)15-9-11-4-6-14-7-5-11/h2-8,15H,9H2,1H3. The summed E-state index contributed by atoms with van der Waals surface area (Å²) in [5, 5.41) is 13.9. The molecule has 1 aromatic heterocycles. The number of nitrogens with one attached hydrogen (secondary N) is 1. The van der Waals surface area contributed by atoms with Gasteiger partial charge in [-0.1, -0.05) is 0 Å². The van der Waals surface area contributed by atoms with Crippen LogP contribution in [0.5, 0.6) is 0 Å². The number of hydrogen-bond donors (Lipinski definition) is 1. The van der Waals surface area contributed by atoms with Gasteiger partial charge in [-0.2, -0.15) is 0 Å². The highest BCUT2D eigenvalue weighted by Gasteiger charge is 2.09. The minimum atomic E-state index is -0.373. The Bertz CT molecular complexity index is 555. The maximum atomic E-state index is 10.7. The van der Waals surface area contributed by atoms with E-state index in [1.165, 1.54) is 6.07 Å². The molecule has 0 aliphatic rings. The van der Waals surface area contributed by atoms with Crippen molar-refractivity contribution in [2.24, 2.45) is 0 Å². The predicted octanol–water partition coefficient (Wildman–Crippen LogP) is 2.91. The molecule has 92 valence electrons. The number of nitrogens with zero attached hydrogens (tertiary/aromatic N) is 2. The maximum absolute atomic E-state index is 10.7. The Kier molecular flexibility index (Phi) is 3.52. The van der Waals surface area contributed by atoms with Crippen molar-refractivity contribution in [1.82, 2.24) is 4.98 Å². The van der Waals surface area contributed by atoms with Crippen LogP contribution in [0.2, 0.25) is 0 Å². The quantitative estimate of drug-likeness (QED) is 0.662. The van der Waals surface area contributed by atoms with Crippen molar-refractivity contribution in [1.29, 1.82) is 0 Å². The summed E-state index contributed by atoms with van der Waals surface area (Å²) in [6.07, 6.45) is 3.47. The highest BCUT2D eigenvalue weighted by atomic mass is 16.6. The lowest BCUT2D eigenvalue weighted by atomic mass is 10.1. The van der Waals surface area contributed by atoms with Crippen LogP contribution in [-0.2, 0) is 6.54 Å². The number of nitro benzene ring substituents is 1. The van der Waals surface area contributed by atoms with Crippen LogP contribution in [0.3, 0.4) is 0 Å². The van der Waals surface area contributed by atoms with E-state index in [1.807, 2.05) is 12.1 Å². The van der Waals surface area contributed by atoms with Crippen molar-refractivity contribution < 1.29 is 4.92 Å². The number of hydrogen-bond acceptors (Lipinski definition) is 4. The smallest absolute Gasteiger partial charge is 0.272 e. The molecule has 1 heterocycles. The van der Waals surface area contributed by atoms with E-state index in [4.69, 9.17) is 0 Å². The van der Waals surface area contributed by atoms with Gasteiger partial charge in [-0.25, -0.2) is 0 Å². The predicted molar refractivity (Wildman–Crippen MR) is 69.4 cm³/mol. The molecule has 5 nitrogen and oxygen atoms in total. The zero-order valence-corrected chi connectivity index (χ0v) is 9.96. The number of pyridine rings is 1. The summed E-state index contributed by atoms with van der Waals surface area (Å²) >= 11 is 0. The highest BCUT2D eigenvalue weighted by molar-refractivity contribution is 5.53. The second-order valence-electron chi connectivity index (χ2n) is 3.97. The normalized spacial score (nSPS) is 10.1. The molecule has 0 fully saturated rings. The van der Waals surface area contributed by atoms with Gasteiger partial charge in [0.15, 0.2) is 0 Å². The van der Waals surface area contributed by atoms with Gasteiger partial charge < -0.3 is 5.32 Å². The van der Waals surface area contributed by atoms with Crippen molar-refractivity contribution in [3.05, 3.63) is 64.0 Å². The van der Waals surface area contributed by atoms with Crippen LogP contribution in [0, 0.1) is 17.0 Å². The Hall–Kier alpha value is -2.43. The summed E-state index contributed by atoms with van der Waals surface area (Å²) < 4.78 is 0. The number of aromatic nitrogens is 1. The Balaban J connectivity index is 2.07. The lowest BCUT2D eigenvalue weighted by Gasteiger charge is -2.07. The fourth-order valence-corrected chi connectivity index (χ4v) is 1.68. The van der Waals surface area contributed by atoms with E-state index < -0.39 is 0 Å². The second-order valence-corrected chi connectivity index (χ2v) is 3.97. The molecule has 0 bridgehead atoms. The molecule has 18 heavy (non-hydrogen) atoms. The molecule has 0 spiro atoms. The van der Waals surface area contributed by atoms with E-state index in [9.17, 15) is 10.1 Å².